The molecule has 1 heterocycles. The Morgan fingerprint density at radius 2 is 1.84 bits per heavy atom. The molecule has 2 aliphatic carbocycles. The fourth-order valence-corrected chi connectivity index (χ4v) is 5.66. The van der Waals surface area contributed by atoms with Gasteiger partial charge in [-0.1, -0.05) is 29.3 Å². The molecule has 2 fully saturated rings. The van der Waals surface area contributed by atoms with Gasteiger partial charge in [0, 0.05) is 0 Å². The third kappa shape index (κ3) is 4.39. The predicted octanol–water partition coefficient (Wildman–Crippen LogP) is 4.86. The number of nitrogens with one attached hydrogen (secondary N) is 1. The number of carbonyl (C=O) groups is 4. The summed E-state index contributed by atoms with van der Waals surface area (Å²) in [7, 11) is 0. The van der Waals surface area contributed by atoms with E-state index in [4.69, 9.17) is 16.3 Å². The van der Waals surface area contributed by atoms with Crippen molar-refractivity contribution >= 4 is 46.7 Å². The van der Waals surface area contributed by atoms with Crippen LogP contribution in [-0.4, -0.2) is 30.3 Å². The van der Waals surface area contributed by atoms with Gasteiger partial charge in [-0.05, 0) is 61.6 Å². The van der Waals surface area contributed by atoms with Crippen LogP contribution in [-0.2, 0) is 25.3 Å². The predicted molar refractivity (Wildman–Crippen MR) is 127 cm³/mol. The van der Waals surface area contributed by atoms with E-state index in [1.54, 1.807) is 0 Å². The number of alkyl halides is 3. The van der Waals surface area contributed by atoms with Crippen molar-refractivity contribution in [3.05, 3.63) is 70.3 Å². The normalized spacial score (nSPS) is 24.2. The number of carbonyl (C=O) groups excluding carboxylic acids is 4. The molecule has 11 heteroatoms. The third-order valence-corrected chi connectivity index (χ3v) is 7.45. The van der Waals surface area contributed by atoms with Crippen LogP contribution in [0.15, 0.2) is 54.1 Å². The van der Waals surface area contributed by atoms with Gasteiger partial charge in [0.25, 0.3) is 5.91 Å². The highest BCUT2D eigenvalue weighted by Gasteiger charge is 2.60. The first-order chi connectivity index (χ1) is 17.5. The minimum absolute atomic E-state index is 0.00246. The summed E-state index contributed by atoms with van der Waals surface area (Å²) >= 11 is 5.86. The third-order valence-electron chi connectivity index (χ3n) is 7.12. The molecule has 0 radical (unpaired) electrons. The van der Waals surface area contributed by atoms with Crippen molar-refractivity contribution in [3.63, 3.8) is 0 Å². The van der Waals surface area contributed by atoms with E-state index in [1.807, 2.05) is 6.92 Å². The molecule has 2 aromatic carbocycles. The summed E-state index contributed by atoms with van der Waals surface area (Å²) in [6.07, 6.45) is -1.77. The summed E-state index contributed by atoms with van der Waals surface area (Å²) in [4.78, 5) is 52.1. The lowest BCUT2D eigenvalue weighted by Gasteiger charge is -2.19. The molecule has 1 saturated carbocycles. The minimum Gasteiger partial charge on any atom is -0.452 e. The second-order valence-corrected chi connectivity index (χ2v) is 9.75. The highest BCUT2D eigenvalue weighted by molar-refractivity contribution is 6.33. The van der Waals surface area contributed by atoms with Gasteiger partial charge in [0.2, 0.25) is 11.8 Å². The van der Waals surface area contributed by atoms with Crippen LogP contribution >= 0.6 is 11.6 Å². The topological polar surface area (TPSA) is 92.8 Å². The lowest BCUT2D eigenvalue weighted by atomic mass is 9.82. The Morgan fingerprint density at radius 1 is 1.11 bits per heavy atom. The van der Waals surface area contributed by atoms with Crippen LogP contribution in [0.5, 0.6) is 0 Å². The summed E-state index contributed by atoms with van der Waals surface area (Å²) in [5.74, 6) is -3.12. The quantitative estimate of drug-likeness (QED) is 0.337. The fraction of sp³-hybridized carbons (Fsp3) is 0.308. The standard InChI is InChI=1S/C26H20ClF3N2O5/c1-12-7-14-9-17(12)22-21(14)23(34)32(24(22)35)16-4-2-3-13(8-16)25(36)37-11-20(33)31-19-10-15(26(28,29)30)5-6-18(19)27/h2-8,10,14,17,21-22H,9,11H2,1H3,(H,31,33)/t14-,17+,21-,22+/m0/s1. The van der Waals surface area contributed by atoms with Gasteiger partial charge in [-0.3, -0.25) is 14.4 Å². The molecule has 37 heavy (non-hydrogen) atoms. The number of ether oxygens (including phenoxy) is 1. The molecule has 0 spiro atoms. The molecule has 1 aliphatic heterocycles. The van der Waals surface area contributed by atoms with Gasteiger partial charge >= 0.3 is 12.1 Å². The molecule has 3 aliphatic rings. The molecule has 0 unspecified atom stereocenters. The van der Waals surface area contributed by atoms with E-state index in [1.165, 1.54) is 24.3 Å². The van der Waals surface area contributed by atoms with Gasteiger partial charge in [-0.25, -0.2) is 9.69 Å². The second kappa shape index (κ2) is 9.02. The Morgan fingerprint density at radius 3 is 2.57 bits per heavy atom. The highest BCUT2D eigenvalue weighted by Crippen LogP contribution is 2.55. The molecule has 4 atom stereocenters. The first-order valence-corrected chi connectivity index (χ1v) is 11.8. The van der Waals surface area contributed by atoms with Gasteiger partial charge in [0.05, 0.1) is 39.4 Å². The maximum atomic E-state index is 13.1. The molecule has 0 aromatic heterocycles. The number of allylic oxidation sites excluding steroid dienone is 2. The molecule has 2 aromatic rings. The number of benzene rings is 2. The first kappa shape index (κ1) is 25.0. The maximum absolute atomic E-state index is 13.1. The SMILES string of the molecule is CC1=C[C@H]2C[C@H]1[C@H]1C(=O)N(c3cccc(C(=O)OCC(=O)Nc4cc(C(F)(F)F)ccc4Cl)c3)C(=O)[C@H]12. The molecular formula is C26H20ClF3N2O5. The molecule has 5 rings (SSSR count). The van der Waals surface area contributed by atoms with Gasteiger partial charge < -0.3 is 10.1 Å². The maximum Gasteiger partial charge on any atom is 0.416 e. The van der Waals surface area contributed by atoms with Crippen LogP contribution in [0.4, 0.5) is 24.5 Å². The van der Waals surface area contributed by atoms with Gasteiger partial charge in [0.15, 0.2) is 6.61 Å². The van der Waals surface area contributed by atoms with Crippen LogP contribution in [0.2, 0.25) is 5.02 Å². The van der Waals surface area contributed by atoms with Gasteiger partial charge in [-0.2, -0.15) is 13.2 Å². The number of imide groups is 1. The molecule has 192 valence electrons. The van der Waals surface area contributed by atoms with Gasteiger partial charge in [0.1, 0.15) is 0 Å². The van der Waals surface area contributed by atoms with Crippen LogP contribution in [0.25, 0.3) is 0 Å². The number of nitrogens with zero attached hydrogens (tertiary/aromatic N) is 1. The number of halogens is 4. The molecule has 1 N–H and O–H groups in total. The van der Waals surface area contributed by atoms with Crippen molar-refractivity contribution < 1.29 is 37.1 Å². The lowest BCUT2D eigenvalue weighted by molar-refractivity contribution is -0.137. The smallest absolute Gasteiger partial charge is 0.416 e. The van der Waals surface area contributed by atoms with Crippen molar-refractivity contribution in [1.29, 1.82) is 0 Å². The van der Waals surface area contributed by atoms with E-state index in [0.717, 1.165) is 29.0 Å². The summed E-state index contributed by atoms with van der Waals surface area (Å²) in [5, 5.41) is 2.07. The van der Waals surface area contributed by atoms with Gasteiger partial charge in [-0.15, -0.1) is 0 Å². The minimum atomic E-state index is -4.63. The van der Waals surface area contributed by atoms with E-state index in [-0.39, 0.29) is 45.6 Å². The molecular weight excluding hydrogens is 513 g/mol. The Bertz CT molecular complexity index is 1370. The second-order valence-electron chi connectivity index (χ2n) is 9.35. The van der Waals surface area contributed by atoms with Crippen molar-refractivity contribution in [2.75, 3.05) is 16.8 Å². The number of amides is 3. The van der Waals surface area contributed by atoms with Crippen LogP contribution in [0.1, 0.15) is 29.3 Å². The van der Waals surface area contributed by atoms with Crippen molar-refractivity contribution in [2.24, 2.45) is 23.7 Å². The number of hydrogen-bond acceptors (Lipinski definition) is 5. The van der Waals surface area contributed by atoms with E-state index in [2.05, 4.69) is 11.4 Å². The van der Waals surface area contributed by atoms with Crippen molar-refractivity contribution in [3.8, 4) is 0 Å². The lowest BCUT2D eigenvalue weighted by Crippen LogP contribution is -2.33. The molecule has 1 saturated heterocycles. The zero-order valence-electron chi connectivity index (χ0n) is 19.3. The van der Waals surface area contributed by atoms with E-state index in [0.29, 0.717) is 6.07 Å². The number of esters is 1. The number of rotatable bonds is 5. The number of fused-ring (bicyclic) bond motifs is 5. The Hall–Kier alpha value is -3.66. The zero-order valence-corrected chi connectivity index (χ0v) is 20.1. The summed E-state index contributed by atoms with van der Waals surface area (Å²) in [6, 6.07) is 8.21. The molecule has 3 amide bonds. The number of hydrogen-bond donors (Lipinski definition) is 1. The average Bonchev–Trinajstić information content (AvgIpc) is 3.48. The van der Waals surface area contributed by atoms with E-state index >= 15 is 0 Å². The Kier molecular flexibility index (Phi) is 6.10. The highest BCUT2D eigenvalue weighted by atomic mass is 35.5. The van der Waals surface area contributed by atoms with Crippen molar-refractivity contribution in [1.82, 2.24) is 0 Å². The fourth-order valence-electron chi connectivity index (χ4n) is 5.50. The summed E-state index contributed by atoms with van der Waals surface area (Å²) in [5.41, 5.74) is 0.0645. The van der Waals surface area contributed by atoms with E-state index < -0.39 is 42.1 Å². The Labute approximate surface area is 214 Å². The van der Waals surface area contributed by atoms with Crippen molar-refractivity contribution in [2.45, 2.75) is 19.5 Å². The average molecular weight is 533 g/mol. The van der Waals surface area contributed by atoms with Crippen LogP contribution < -0.4 is 10.2 Å². The largest absolute Gasteiger partial charge is 0.452 e. The molecule has 7 nitrogen and oxygen atoms in total. The molecule has 2 bridgehead atoms. The summed E-state index contributed by atoms with van der Waals surface area (Å²) < 4.78 is 43.8. The zero-order chi connectivity index (χ0) is 26.6. The monoisotopic (exact) mass is 532 g/mol. The van der Waals surface area contributed by atoms with E-state index in [9.17, 15) is 32.3 Å². The first-order valence-electron chi connectivity index (χ1n) is 11.5. The number of anilines is 2. The Balaban J connectivity index is 1.25. The summed E-state index contributed by atoms with van der Waals surface area (Å²) in [6.45, 7) is 1.17. The van der Waals surface area contributed by atoms with Crippen LogP contribution in [0, 0.1) is 23.7 Å². The van der Waals surface area contributed by atoms with Crippen LogP contribution in [0.3, 0.4) is 0 Å².